The summed E-state index contributed by atoms with van der Waals surface area (Å²) in [7, 11) is 0. The van der Waals surface area contributed by atoms with E-state index >= 15 is 0 Å². The van der Waals surface area contributed by atoms with E-state index < -0.39 is 11.6 Å². The molecule has 90 valence electrons. The lowest BCUT2D eigenvalue weighted by atomic mass is 10.1. The molecule has 0 spiro atoms. The van der Waals surface area contributed by atoms with Gasteiger partial charge in [0.2, 0.25) is 0 Å². The number of hydrogen-bond donors (Lipinski definition) is 1. The Bertz CT molecular complexity index is 603. The van der Waals surface area contributed by atoms with E-state index in [0.717, 1.165) is 23.8 Å². The Morgan fingerprint density at radius 2 is 1.94 bits per heavy atom. The van der Waals surface area contributed by atoms with Gasteiger partial charge in [-0.15, -0.1) is 0 Å². The molecule has 2 nitrogen and oxygen atoms in total. The Hall–Kier alpha value is -2.41. The largest absolute Gasteiger partial charge is 0.379 e. The molecule has 4 heteroatoms. The van der Waals surface area contributed by atoms with Gasteiger partial charge in [0.15, 0.2) is 0 Å². The fourth-order valence-electron chi connectivity index (χ4n) is 1.58. The van der Waals surface area contributed by atoms with Crippen LogP contribution in [0.15, 0.2) is 42.5 Å². The molecular formula is C14H10F2N2. The van der Waals surface area contributed by atoms with Crippen molar-refractivity contribution in [2.75, 3.05) is 5.32 Å². The fourth-order valence-corrected chi connectivity index (χ4v) is 1.58. The van der Waals surface area contributed by atoms with Gasteiger partial charge in [0.05, 0.1) is 17.3 Å². The monoisotopic (exact) mass is 244 g/mol. The first-order valence-electron chi connectivity index (χ1n) is 5.37. The summed E-state index contributed by atoms with van der Waals surface area (Å²) in [6.07, 6.45) is 0. The maximum absolute atomic E-state index is 13.3. The van der Waals surface area contributed by atoms with Crippen LogP contribution in [0.3, 0.4) is 0 Å². The number of nitriles is 1. The Morgan fingerprint density at radius 1 is 1.11 bits per heavy atom. The van der Waals surface area contributed by atoms with Crippen LogP contribution >= 0.6 is 0 Å². The number of anilines is 1. The minimum Gasteiger partial charge on any atom is -0.379 e. The normalized spacial score (nSPS) is 9.83. The van der Waals surface area contributed by atoms with Crippen molar-refractivity contribution in [2.45, 2.75) is 6.54 Å². The summed E-state index contributed by atoms with van der Waals surface area (Å²) in [6, 6.07) is 12.2. The first-order valence-corrected chi connectivity index (χ1v) is 5.37. The van der Waals surface area contributed by atoms with Crippen molar-refractivity contribution >= 4 is 5.69 Å². The molecule has 0 atom stereocenters. The standard InChI is InChI=1S/C14H10F2N2/c15-12-4-5-13(16)14(7-12)18-9-11-3-1-2-10(6-11)8-17/h1-7,18H,9H2. The summed E-state index contributed by atoms with van der Waals surface area (Å²) in [4.78, 5) is 0. The van der Waals surface area contributed by atoms with Gasteiger partial charge in [-0.1, -0.05) is 12.1 Å². The summed E-state index contributed by atoms with van der Waals surface area (Å²) in [5.41, 5.74) is 1.48. The van der Waals surface area contributed by atoms with Gasteiger partial charge in [-0.05, 0) is 35.9 Å². The van der Waals surface area contributed by atoms with Crippen molar-refractivity contribution in [3.8, 4) is 6.07 Å². The lowest BCUT2D eigenvalue weighted by molar-refractivity contribution is 0.602. The molecule has 0 saturated heterocycles. The minimum atomic E-state index is -0.507. The van der Waals surface area contributed by atoms with Gasteiger partial charge in [-0.25, -0.2) is 8.78 Å². The second-order valence-corrected chi connectivity index (χ2v) is 3.79. The third kappa shape index (κ3) is 2.83. The topological polar surface area (TPSA) is 35.8 Å². The zero-order valence-electron chi connectivity index (χ0n) is 9.45. The SMILES string of the molecule is N#Cc1cccc(CNc2cc(F)ccc2F)c1. The van der Waals surface area contributed by atoms with Gasteiger partial charge in [-0.3, -0.25) is 0 Å². The predicted octanol–water partition coefficient (Wildman–Crippen LogP) is 3.45. The molecule has 2 aromatic carbocycles. The molecule has 0 aliphatic rings. The Morgan fingerprint density at radius 3 is 2.72 bits per heavy atom. The van der Waals surface area contributed by atoms with Gasteiger partial charge in [0.25, 0.3) is 0 Å². The van der Waals surface area contributed by atoms with Crippen molar-refractivity contribution in [1.82, 2.24) is 0 Å². The molecule has 1 N–H and O–H groups in total. The van der Waals surface area contributed by atoms with Crippen LogP contribution < -0.4 is 5.32 Å². The van der Waals surface area contributed by atoms with Crippen LogP contribution in [-0.2, 0) is 6.54 Å². The molecule has 0 fully saturated rings. The molecule has 0 aromatic heterocycles. The zero-order valence-corrected chi connectivity index (χ0v) is 9.45. The number of nitrogens with zero attached hydrogens (tertiary/aromatic N) is 1. The summed E-state index contributed by atoms with van der Waals surface area (Å²) < 4.78 is 26.3. The van der Waals surface area contributed by atoms with Crippen LogP contribution in [0.2, 0.25) is 0 Å². The summed E-state index contributed by atoms with van der Waals surface area (Å²) in [5, 5.41) is 11.5. The first-order chi connectivity index (χ1) is 8.69. The molecule has 0 unspecified atom stereocenters. The number of halogens is 2. The van der Waals surface area contributed by atoms with E-state index in [0.29, 0.717) is 12.1 Å². The van der Waals surface area contributed by atoms with Crippen molar-refractivity contribution in [3.05, 3.63) is 65.2 Å². The van der Waals surface area contributed by atoms with E-state index in [1.165, 1.54) is 0 Å². The maximum atomic E-state index is 13.3. The highest BCUT2D eigenvalue weighted by molar-refractivity contribution is 5.46. The van der Waals surface area contributed by atoms with Crippen molar-refractivity contribution in [1.29, 1.82) is 5.26 Å². The Balaban J connectivity index is 2.11. The predicted molar refractivity (Wildman–Crippen MR) is 64.8 cm³/mol. The molecular weight excluding hydrogens is 234 g/mol. The zero-order chi connectivity index (χ0) is 13.0. The van der Waals surface area contributed by atoms with E-state index in [1.54, 1.807) is 18.2 Å². The van der Waals surface area contributed by atoms with Gasteiger partial charge in [-0.2, -0.15) is 5.26 Å². The molecule has 0 amide bonds. The van der Waals surface area contributed by atoms with Gasteiger partial charge in [0, 0.05) is 6.54 Å². The number of rotatable bonds is 3. The van der Waals surface area contributed by atoms with Crippen LogP contribution in [0.5, 0.6) is 0 Å². The number of hydrogen-bond acceptors (Lipinski definition) is 2. The average Bonchev–Trinajstić information content (AvgIpc) is 2.40. The molecule has 0 aliphatic heterocycles. The number of nitrogens with one attached hydrogen (secondary N) is 1. The van der Waals surface area contributed by atoms with Crippen LogP contribution in [0.1, 0.15) is 11.1 Å². The van der Waals surface area contributed by atoms with E-state index in [4.69, 9.17) is 5.26 Å². The smallest absolute Gasteiger partial charge is 0.146 e. The minimum absolute atomic E-state index is 0.109. The van der Waals surface area contributed by atoms with E-state index in [1.807, 2.05) is 12.1 Å². The maximum Gasteiger partial charge on any atom is 0.146 e. The highest BCUT2D eigenvalue weighted by atomic mass is 19.1. The lowest BCUT2D eigenvalue weighted by Gasteiger charge is -2.08. The Kier molecular flexibility index (Phi) is 3.54. The third-order valence-electron chi connectivity index (χ3n) is 2.47. The summed E-state index contributed by atoms with van der Waals surface area (Å²) in [5.74, 6) is -1.00. The lowest BCUT2D eigenvalue weighted by Crippen LogP contribution is -2.02. The number of benzene rings is 2. The molecule has 0 aliphatic carbocycles. The van der Waals surface area contributed by atoms with Crippen LogP contribution in [0.4, 0.5) is 14.5 Å². The molecule has 2 aromatic rings. The fraction of sp³-hybridized carbons (Fsp3) is 0.0714. The van der Waals surface area contributed by atoms with Gasteiger partial charge < -0.3 is 5.32 Å². The molecule has 2 rings (SSSR count). The molecule has 0 saturated carbocycles. The van der Waals surface area contributed by atoms with Crippen LogP contribution in [0, 0.1) is 23.0 Å². The highest BCUT2D eigenvalue weighted by Gasteiger charge is 2.03. The average molecular weight is 244 g/mol. The van der Waals surface area contributed by atoms with E-state index in [9.17, 15) is 8.78 Å². The van der Waals surface area contributed by atoms with Crippen molar-refractivity contribution in [2.24, 2.45) is 0 Å². The third-order valence-corrected chi connectivity index (χ3v) is 2.47. The second-order valence-electron chi connectivity index (χ2n) is 3.79. The summed E-state index contributed by atoms with van der Waals surface area (Å²) in [6.45, 7) is 0.329. The van der Waals surface area contributed by atoms with Gasteiger partial charge in [0.1, 0.15) is 11.6 Å². The Labute approximate surface area is 103 Å². The second kappa shape index (κ2) is 5.28. The molecule has 18 heavy (non-hydrogen) atoms. The van der Waals surface area contributed by atoms with Crippen molar-refractivity contribution < 1.29 is 8.78 Å². The summed E-state index contributed by atoms with van der Waals surface area (Å²) >= 11 is 0. The highest BCUT2D eigenvalue weighted by Crippen LogP contribution is 2.16. The van der Waals surface area contributed by atoms with E-state index in [-0.39, 0.29) is 5.69 Å². The molecule has 0 bridgehead atoms. The quantitative estimate of drug-likeness (QED) is 0.897. The van der Waals surface area contributed by atoms with Crippen LogP contribution in [0.25, 0.3) is 0 Å². The van der Waals surface area contributed by atoms with Gasteiger partial charge >= 0.3 is 0 Å². The molecule has 0 radical (unpaired) electrons. The first kappa shape index (κ1) is 12.1. The van der Waals surface area contributed by atoms with Crippen LogP contribution in [-0.4, -0.2) is 0 Å². The van der Waals surface area contributed by atoms with E-state index in [2.05, 4.69) is 5.32 Å². The van der Waals surface area contributed by atoms with Crippen molar-refractivity contribution in [3.63, 3.8) is 0 Å². The molecule has 0 heterocycles.